The van der Waals surface area contributed by atoms with E-state index in [4.69, 9.17) is 4.42 Å². The summed E-state index contributed by atoms with van der Waals surface area (Å²) in [5, 5.41) is 7.30. The van der Waals surface area contributed by atoms with E-state index >= 15 is 0 Å². The van der Waals surface area contributed by atoms with Gasteiger partial charge in [0.05, 0.1) is 22.1 Å². The lowest BCUT2D eigenvalue weighted by molar-refractivity contribution is 0.660. The molecule has 372 valence electrons. The van der Waals surface area contributed by atoms with Crippen LogP contribution in [0.4, 0.5) is 17.1 Å². The molecule has 0 saturated heterocycles. The topological polar surface area (TPSA) is 26.2 Å². The molecule has 3 heterocycles. The van der Waals surface area contributed by atoms with Crippen molar-refractivity contribution in [3.63, 3.8) is 0 Å². The van der Waals surface area contributed by atoms with Gasteiger partial charge in [-0.1, -0.05) is 178 Å². The summed E-state index contributed by atoms with van der Waals surface area (Å²) in [5.41, 5.74) is 24.3. The van der Waals surface area contributed by atoms with Crippen molar-refractivity contribution in [1.29, 1.82) is 0 Å². The van der Waals surface area contributed by atoms with Crippen LogP contribution in [0.2, 0.25) is 0 Å². The fourth-order valence-electron chi connectivity index (χ4n) is 13.0. The van der Waals surface area contributed by atoms with Gasteiger partial charge in [-0.05, 0) is 165 Å². The smallest absolute Gasteiger partial charge is 0.135 e. The van der Waals surface area contributed by atoms with Crippen molar-refractivity contribution in [3.8, 4) is 55.9 Å². The highest BCUT2D eigenvalue weighted by atomic mass is 16.3. The quantitative estimate of drug-likeness (QED) is 0.152. The Morgan fingerprint density at radius 2 is 0.709 bits per heavy atom. The molecule has 1 aliphatic rings. The number of aromatic nitrogens is 2. The molecule has 16 rings (SSSR count). The highest BCUT2D eigenvalue weighted by Crippen LogP contribution is 2.52. The monoisotopic (exact) mass is 1010 g/mol. The molecule has 4 nitrogen and oxygen atoms in total. The summed E-state index contributed by atoms with van der Waals surface area (Å²) in [7, 11) is 0. The number of fused-ring (bicyclic) bond motifs is 12. The van der Waals surface area contributed by atoms with Crippen LogP contribution in [0, 0.1) is 0 Å². The van der Waals surface area contributed by atoms with Crippen LogP contribution in [-0.2, 0) is 5.41 Å². The number of benzene rings is 12. The second-order valence-electron chi connectivity index (χ2n) is 21.7. The van der Waals surface area contributed by atoms with Crippen LogP contribution in [0.3, 0.4) is 0 Å². The molecule has 0 amide bonds. The second-order valence-corrected chi connectivity index (χ2v) is 21.7. The molecule has 1 aliphatic carbocycles. The van der Waals surface area contributed by atoms with Crippen LogP contribution in [0.25, 0.3) is 121 Å². The predicted molar refractivity (Wildman–Crippen MR) is 331 cm³/mol. The number of furan rings is 1. The van der Waals surface area contributed by atoms with E-state index < -0.39 is 0 Å². The Hall–Kier alpha value is -10.2. The molecule has 0 atom stereocenters. The van der Waals surface area contributed by atoms with Gasteiger partial charge in [0.1, 0.15) is 11.2 Å². The lowest BCUT2D eigenvalue weighted by Gasteiger charge is -2.28. The van der Waals surface area contributed by atoms with Crippen LogP contribution in [0.1, 0.15) is 25.0 Å². The van der Waals surface area contributed by atoms with E-state index in [-0.39, 0.29) is 5.41 Å². The van der Waals surface area contributed by atoms with E-state index in [9.17, 15) is 0 Å². The van der Waals surface area contributed by atoms with Gasteiger partial charge in [0.2, 0.25) is 0 Å². The van der Waals surface area contributed by atoms with Crippen molar-refractivity contribution in [2.24, 2.45) is 0 Å². The van der Waals surface area contributed by atoms with Crippen molar-refractivity contribution >= 4 is 82.6 Å². The maximum atomic E-state index is 6.20. The van der Waals surface area contributed by atoms with Crippen LogP contribution in [0.15, 0.2) is 277 Å². The first-order chi connectivity index (χ1) is 38.9. The van der Waals surface area contributed by atoms with E-state index in [0.29, 0.717) is 0 Å². The van der Waals surface area contributed by atoms with E-state index in [1.807, 2.05) is 12.1 Å². The molecule has 0 radical (unpaired) electrons. The summed E-state index contributed by atoms with van der Waals surface area (Å²) in [6.45, 7) is 4.78. The number of para-hydroxylation sites is 5. The molecule has 4 heteroatoms. The zero-order valence-corrected chi connectivity index (χ0v) is 43.7. The Morgan fingerprint density at radius 1 is 0.291 bits per heavy atom. The summed E-state index contributed by atoms with van der Waals surface area (Å²) in [6, 6.07) is 99.9. The molecule has 0 bridgehead atoms. The third kappa shape index (κ3) is 7.08. The highest BCUT2D eigenvalue weighted by Gasteiger charge is 2.37. The third-order valence-electron chi connectivity index (χ3n) is 16.9. The molecule has 0 spiro atoms. The minimum Gasteiger partial charge on any atom is -0.456 e. The van der Waals surface area contributed by atoms with Crippen molar-refractivity contribution in [3.05, 3.63) is 284 Å². The van der Waals surface area contributed by atoms with Gasteiger partial charge in [-0.25, -0.2) is 0 Å². The summed E-state index contributed by atoms with van der Waals surface area (Å²) in [5.74, 6) is 0. The van der Waals surface area contributed by atoms with Gasteiger partial charge < -0.3 is 18.5 Å². The average molecular weight is 1010 g/mol. The largest absolute Gasteiger partial charge is 0.456 e. The van der Waals surface area contributed by atoms with Gasteiger partial charge >= 0.3 is 0 Å². The summed E-state index contributed by atoms with van der Waals surface area (Å²) in [6.07, 6.45) is 0. The number of hydrogen-bond acceptors (Lipinski definition) is 2. The molecule has 0 aliphatic heterocycles. The van der Waals surface area contributed by atoms with Crippen LogP contribution in [0.5, 0.6) is 0 Å². The molecular weight excluding hydrogens is 959 g/mol. The maximum absolute atomic E-state index is 6.20. The Kier molecular flexibility index (Phi) is 9.95. The number of nitrogens with zero attached hydrogens (tertiary/aromatic N) is 3. The summed E-state index contributed by atoms with van der Waals surface area (Å²) >= 11 is 0. The molecule has 12 aromatic carbocycles. The first-order valence-corrected chi connectivity index (χ1v) is 27.3. The van der Waals surface area contributed by atoms with Crippen LogP contribution < -0.4 is 4.90 Å². The zero-order chi connectivity index (χ0) is 52.3. The van der Waals surface area contributed by atoms with E-state index in [1.54, 1.807) is 0 Å². The molecular formula is C75H51N3O. The third-order valence-corrected chi connectivity index (χ3v) is 16.9. The van der Waals surface area contributed by atoms with E-state index in [0.717, 1.165) is 50.1 Å². The zero-order valence-electron chi connectivity index (χ0n) is 43.7. The van der Waals surface area contributed by atoms with Gasteiger partial charge in [-0.15, -0.1) is 0 Å². The molecule has 0 N–H and O–H groups in total. The number of hydrogen-bond donors (Lipinski definition) is 0. The second kappa shape index (κ2) is 17.4. The molecule has 3 aromatic heterocycles. The first kappa shape index (κ1) is 45.1. The van der Waals surface area contributed by atoms with Crippen molar-refractivity contribution < 1.29 is 4.42 Å². The van der Waals surface area contributed by atoms with E-state index in [2.05, 4.69) is 289 Å². The molecule has 0 fully saturated rings. The highest BCUT2D eigenvalue weighted by molar-refractivity contribution is 6.11. The Morgan fingerprint density at radius 3 is 1.33 bits per heavy atom. The van der Waals surface area contributed by atoms with Crippen LogP contribution in [-0.4, -0.2) is 9.13 Å². The van der Waals surface area contributed by atoms with Gasteiger partial charge in [-0.3, -0.25) is 0 Å². The van der Waals surface area contributed by atoms with E-state index in [1.165, 1.54) is 99.5 Å². The Balaban J connectivity index is 0.756. The molecule has 0 saturated carbocycles. The summed E-state index contributed by atoms with van der Waals surface area (Å²) in [4.78, 5) is 2.41. The van der Waals surface area contributed by atoms with Gasteiger partial charge in [-0.2, -0.15) is 0 Å². The molecule has 0 unspecified atom stereocenters. The van der Waals surface area contributed by atoms with Gasteiger partial charge in [0, 0.05) is 66.2 Å². The van der Waals surface area contributed by atoms with Crippen molar-refractivity contribution in [1.82, 2.24) is 9.13 Å². The summed E-state index contributed by atoms with van der Waals surface area (Å²) < 4.78 is 11.0. The predicted octanol–water partition coefficient (Wildman–Crippen LogP) is 20.6. The average Bonchev–Trinajstić information content (AvgIpc) is 4.37. The Labute approximate surface area is 457 Å². The van der Waals surface area contributed by atoms with Crippen molar-refractivity contribution in [2.75, 3.05) is 4.90 Å². The molecule has 79 heavy (non-hydrogen) atoms. The van der Waals surface area contributed by atoms with Gasteiger partial charge in [0.15, 0.2) is 0 Å². The lowest BCUT2D eigenvalue weighted by atomic mass is 9.82. The number of anilines is 3. The fourth-order valence-corrected chi connectivity index (χ4v) is 13.0. The van der Waals surface area contributed by atoms with Crippen molar-refractivity contribution in [2.45, 2.75) is 19.3 Å². The van der Waals surface area contributed by atoms with Crippen LogP contribution >= 0.6 is 0 Å². The minimum atomic E-state index is -0.260. The molecule has 15 aromatic rings. The SMILES string of the molecule is CC1(C)c2cc(N(c3ccc(-c4ccc(-c5ccc6c(c5)c5ccccc5n6-c5ccccc5)cc4)cc3)c3ccc(-c4ccc5oc6ccccc6c5c4)cc3)ccc2-c2ccc(-n3c4ccccc4c4ccccc43)cc21. The normalized spacial score (nSPS) is 12.8. The first-order valence-electron chi connectivity index (χ1n) is 27.3. The number of rotatable bonds is 8. The fraction of sp³-hybridized carbons (Fsp3) is 0.0400. The Bertz CT molecular complexity index is 4850. The van der Waals surface area contributed by atoms with Gasteiger partial charge in [0.25, 0.3) is 0 Å². The maximum Gasteiger partial charge on any atom is 0.135 e. The minimum absolute atomic E-state index is 0.260. The lowest BCUT2D eigenvalue weighted by Crippen LogP contribution is -2.17. The standard InChI is InChI=1S/C75H51N3O/c1-75(2)67-46-57(38-40-59(67)60-41-39-58(47-68(60)75)78-69-20-10-6-16-61(69)62-17-7-11-21-70(62)78)76(56-36-30-51(31-37-56)53-33-43-74-66(45-53)64-19-9-13-23-73(64)79-74)55-34-28-49(29-35-55)48-24-26-50(27-25-48)52-32-42-72-65(44-52)63-18-8-12-22-71(63)77(72)54-14-4-3-5-15-54/h3-47H,1-2H3.